The van der Waals surface area contributed by atoms with Gasteiger partial charge in [0.1, 0.15) is 5.69 Å². The van der Waals surface area contributed by atoms with Gasteiger partial charge < -0.3 is 5.32 Å². The molecule has 20 heavy (non-hydrogen) atoms. The van der Waals surface area contributed by atoms with Crippen molar-refractivity contribution in [2.45, 2.75) is 6.54 Å². The molecule has 1 N–H and O–H groups in total. The molecule has 0 bridgehead atoms. The van der Waals surface area contributed by atoms with E-state index < -0.39 is 10.2 Å². The number of halogens is 1. The zero-order chi connectivity index (χ0) is 14.5. The summed E-state index contributed by atoms with van der Waals surface area (Å²) in [5.41, 5.74) is 1.27. The number of nitro benzene ring substituents is 1. The summed E-state index contributed by atoms with van der Waals surface area (Å²) in [4.78, 5) is 21.5. The molecule has 0 radical (unpaired) electrons. The summed E-state index contributed by atoms with van der Waals surface area (Å²) < 4.78 is 0. The Balaban J connectivity index is 2.23. The molecule has 0 atom stereocenters. The van der Waals surface area contributed by atoms with E-state index in [-0.39, 0.29) is 11.3 Å². The quantitative estimate of drug-likeness (QED) is 0.519. The minimum absolute atomic E-state index is 0.101. The number of hydrogen-bond donors (Lipinski definition) is 1. The summed E-state index contributed by atoms with van der Waals surface area (Å²) in [5, 5.41) is 13.3. The minimum Gasteiger partial charge on any atom is -0.375 e. The lowest BCUT2D eigenvalue weighted by Crippen LogP contribution is -2.03. The normalized spacial score (nSPS) is 10.1. The highest BCUT2D eigenvalue weighted by Gasteiger charge is 2.16. The summed E-state index contributed by atoms with van der Waals surface area (Å²) in [6.07, 6.45) is 0. The van der Waals surface area contributed by atoms with E-state index in [0.717, 1.165) is 5.56 Å². The van der Waals surface area contributed by atoms with Crippen molar-refractivity contribution in [1.29, 1.82) is 0 Å². The first-order valence-electron chi connectivity index (χ1n) is 5.84. The maximum atomic E-state index is 11.0. The number of hydrogen-bond acceptors (Lipinski definition) is 4. The van der Waals surface area contributed by atoms with Crippen LogP contribution in [0.5, 0.6) is 0 Å². The Labute approximate surface area is 120 Å². The van der Waals surface area contributed by atoms with Crippen LogP contribution in [-0.4, -0.2) is 10.2 Å². The lowest BCUT2D eigenvalue weighted by Gasteiger charge is -2.07. The first-order chi connectivity index (χ1) is 9.58. The number of benzene rings is 2. The maximum absolute atomic E-state index is 11.0. The molecule has 0 aliphatic heterocycles. The van der Waals surface area contributed by atoms with Gasteiger partial charge in [-0.25, -0.2) is 0 Å². The average molecular weight is 291 g/mol. The van der Waals surface area contributed by atoms with Crippen LogP contribution in [0.2, 0.25) is 0 Å². The molecule has 0 aromatic heterocycles. The van der Waals surface area contributed by atoms with Gasteiger partial charge in [0, 0.05) is 18.2 Å². The lowest BCUT2D eigenvalue weighted by atomic mass is 10.1. The second kappa shape index (κ2) is 6.16. The Hall–Kier alpha value is -2.40. The number of carbonyl (C=O) groups is 1. The number of nitrogens with zero attached hydrogens (tertiary/aromatic N) is 1. The van der Waals surface area contributed by atoms with Crippen molar-refractivity contribution < 1.29 is 9.72 Å². The molecule has 0 heterocycles. The molecule has 2 aromatic rings. The molecular weight excluding hydrogens is 280 g/mol. The van der Waals surface area contributed by atoms with E-state index in [9.17, 15) is 14.9 Å². The fraction of sp³-hybridized carbons (Fsp3) is 0.0714. The van der Waals surface area contributed by atoms with Crippen LogP contribution in [0.1, 0.15) is 15.9 Å². The maximum Gasteiger partial charge on any atom is 0.293 e. The molecule has 102 valence electrons. The predicted octanol–water partition coefficient (Wildman–Crippen LogP) is 3.59. The van der Waals surface area contributed by atoms with Gasteiger partial charge in [-0.05, 0) is 29.3 Å². The van der Waals surface area contributed by atoms with Crippen LogP contribution in [0.25, 0.3) is 0 Å². The van der Waals surface area contributed by atoms with E-state index >= 15 is 0 Å². The molecule has 0 amide bonds. The molecule has 0 fully saturated rings. The topological polar surface area (TPSA) is 72.2 Å². The summed E-state index contributed by atoms with van der Waals surface area (Å²) in [7, 11) is 0. The molecule has 5 nitrogen and oxygen atoms in total. The van der Waals surface area contributed by atoms with Crippen LogP contribution in [-0.2, 0) is 6.54 Å². The van der Waals surface area contributed by atoms with Crippen LogP contribution in [0, 0.1) is 10.1 Å². The van der Waals surface area contributed by atoms with Crippen molar-refractivity contribution >= 4 is 28.2 Å². The number of carbonyl (C=O) groups excluding carboxylic acids is 1. The van der Waals surface area contributed by atoms with Crippen LogP contribution >= 0.6 is 11.6 Å². The molecule has 0 unspecified atom stereocenters. The van der Waals surface area contributed by atoms with Crippen LogP contribution in [0.4, 0.5) is 11.4 Å². The molecule has 2 rings (SSSR count). The standard InChI is InChI=1S/C14H11ClN2O3/c15-14(18)11-6-7-12(13(8-11)17(19)20)16-9-10-4-2-1-3-5-10/h1-8,16H,9H2. The molecule has 0 aliphatic rings. The SMILES string of the molecule is O=C(Cl)c1ccc(NCc2ccccc2)c([N+](=O)[O-])c1. The van der Waals surface area contributed by atoms with Crippen molar-refractivity contribution in [2.75, 3.05) is 5.32 Å². The molecule has 0 aliphatic carbocycles. The van der Waals surface area contributed by atoms with Gasteiger partial charge in [-0.3, -0.25) is 14.9 Å². The van der Waals surface area contributed by atoms with Crippen molar-refractivity contribution in [3.8, 4) is 0 Å². The minimum atomic E-state index is -0.720. The highest BCUT2D eigenvalue weighted by Crippen LogP contribution is 2.26. The van der Waals surface area contributed by atoms with Gasteiger partial charge in [0.15, 0.2) is 0 Å². The number of nitrogens with one attached hydrogen (secondary N) is 1. The van der Waals surface area contributed by atoms with Gasteiger partial charge in [-0.2, -0.15) is 0 Å². The van der Waals surface area contributed by atoms with Gasteiger partial charge in [-0.1, -0.05) is 30.3 Å². The Morgan fingerprint density at radius 2 is 1.90 bits per heavy atom. The van der Waals surface area contributed by atoms with Gasteiger partial charge in [0.25, 0.3) is 10.9 Å². The van der Waals surface area contributed by atoms with Crippen molar-refractivity contribution in [1.82, 2.24) is 0 Å². The highest BCUT2D eigenvalue weighted by molar-refractivity contribution is 6.67. The first-order valence-corrected chi connectivity index (χ1v) is 6.22. The van der Waals surface area contributed by atoms with Gasteiger partial charge in [0.05, 0.1) is 4.92 Å². The van der Waals surface area contributed by atoms with Crippen molar-refractivity contribution in [2.24, 2.45) is 0 Å². The fourth-order valence-corrected chi connectivity index (χ4v) is 1.87. The summed E-state index contributed by atoms with van der Waals surface area (Å²) >= 11 is 5.32. The summed E-state index contributed by atoms with van der Waals surface area (Å²) in [5.74, 6) is 0. The second-order valence-electron chi connectivity index (χ2n) is 4.10. The van der Waals surface area contributed by atoms with E-state index in [1.54, 1.807) is 0 Å². The van der Waals surface area contributed by atoms with E-state index in [1.165, 1.54) is 18.2 Å². The Morgan fingerprint density at radius 1 is 1.20 bits per heavy atom. The summed E-state index contributed by atoms with van der Waals surface area (Å²) in [6.45, 7) is 0.454. The average Bonchev–Trinajstić information content (AvgIpc) is 2.45. The molecular formula is C14H11ClN2O3. The molecule has 0 saturated heterocycles. The van der Waals surface area contributed by atoms with Crippen molar-refractivity contribution in [3.63, 3.8) is 0 Å². The lowest BCUT2D eigenvalue weighted by molar-refractivity contribution is -0.384. The van der Waals surface area contributed by atoms with Gasteiger partial charge in [0.2, 0.25) is 0 Å². The Morgan fingerprint density at radius 3 is 2.50 bits per heavy atom. The first kappa shape index (κ1) is 14.0. The second-order valence-corrected chi connectivity index (χ2v) is 4.45. The molecule has 6 heteroatoms. The van der Waals surface area contributed by atoms with E-state index in [1.807, 2.05) is 30.3 Å². The Bertz CT molecular complexity index is 644. The van der Waals surface area contributed by atoms with Gasteiger partial charge >= 0.3 is 0 Å². The van der Waals surface area contributed by atoms with Crippen LogP contribution in [0.3, 0.4) is 0 Å². The van der Waals surface area contributed by atoms with E-state index in [4.69, 9.17) is 11.6 Å². The van der Waals surface area contributed by atoms with E-state index in [0.29, 0.717) is 12.2 Å². The molecule has 0 spiro atoms. The zero-order valence-electron chi connectivity index (χ0n) is 10.4. The van der Waals surface area contributed by atoms with Crippen LogP contribution in [0.15, 0.2) is 48.5 Å². The predicted molar refractivity (Wildman–Crippen MR) is 77.0 cm³/mol. The largest absolute Gasteiger partial charge is 0.375 e. The van der Waals surface area contributed by atoms with Crippen LogP contribution < -0.4 is 5.32 Å². The number of rotatable bonds is 5. The third-order valence-electron chi connectivity index (χ3n) is 2.75. The van der Waals surface area contributed by atoms with E-state index in [2.05, 4.69) is 5.32 Å². The number of nitro groups is 1. The van der Waals surface area contributed by atoms with Crippen molar-refractivity contribution in [3.05, 3.63) is 69.8 Å². The molecule has 0 saturated carbocycles. The Kier molecular flexibility index (Phi) is 4.32. The summed E-state index contributed by atoms with van der Waals surface area (Å²) in [6, 6.07) is 13.6. The smallest absolute Gasteiger partial charge is 0.293 e. The third-order valence-corrected chi connectivity index (χ3v) is 2.97. The number of anilines is 1. The monoisotopic (exact) mass is 290 g/mol. The zero-order valence-corrected chi connectivity index (χ0v) is 11.1. The van der Waals surface area contributed by atoms with Gasteiger partial charge in [-0.15, -0.1) is 0 Å². The fourth-order valence-electron chi connectivity index (χ4n) is 1.75. The third kappa shape index (κ3) is 3.33. The molecule has 2 aromatic carbocycles. The highest BCUT2D eigenvalue weighted by atomic mass is 35.5.